The molecule has 0 nitrogen and oxygen atoms in total. The maximum absolute atomic E-state index is 12.4. The fourth-order valence-corrected chi connectivity index (χ4v) is 0.409. The van der Waals surface area contributed by atoms with Crippen LogP contribution in [0.1, 0.15) is 20.3 Å². The van der Waals surface area contributed by atoms with Gasteiger partial charge in [0.1, 0.15) is 11.7 Å². The quantitative estimate of drug-likeness (QED) is 0.469. The highest BCUT2D eigenvalue weighted by molar-refractivity contribution is 7.84. The highest BCUT2D eigenvalue weighted by atomic mass is 32.1. The van der Waals surface area contributed by atoms with Crippen LogP contribution in [0.4, 0.5) is 8.78 Å². The maximum Gasteiger partial charge on any atom is 0.134 e. The van der Waals surface area contributed by atoms with E-state index in [-0.39, 0.29) is 11.3 Å². The Balaban J connectivity index is 4.27. The average molecular weight is 164 g/mol. The van der Waals surface area contributed by atoms with Crippen molar-refractivity contribution in [3.63, 3.8) is 0 Å². The van der Waals surface area contributed by atoms with Crippen LogP contribution in [0.2, 0.25) is 0 Å². The Morgan fingerprint density at radius 1 is 1.50 bits per heavy atom. The third-order valence-corrected chi connectivity index (χ3v) is 1.18. The van der Waals surface area contributed by atoms with Crippen molar-refractivity contribution in [3.05, 3.63) is 22.6 Å². The van der Waals surface area contributed by atoms with Crippen LogP contribution in [0.15, 0.2) is 22.6 Å². The molecule has 0 heterocycles. The van der Waals surface area contributed by atoms with Crippen molar-refractivity contribution in [2.24, 2.45) is 0 Å². The van der Waals surface area contributed by atoms with Crippen LogP contribution in [-0.4, -0.2) is 0 Å². The summed E-state index contributed by atoms with van der Waals surface area (Å²) in [6.45, 7) is 3.09. The second-order valence-corrected chi connectivity index (χ2v) is 2.55. The first-order valence-electron chi connectivity index (χ1n) is 2.99. The minimum Gasteiger partial charge on any atom is -0.212 e. The Morgan fingerprint density at radius 2 is 2.00 bits per heavy atom. The van der Waals surface area contributed by atoms with Gasteiger partial charge in [0.05, 0.1) is 0 Å². The minimum atomic E-state index is -0.609. The van der Waals surface area contributed by atoms with E-state index in [0.717, 1.165) is 6.08 Å². The molecule has 0 saturated carbocycles. The molecule has 0 aliphatic carbocycles. The molecular weight excluding hydrogens is 154 g/mol. The smallest absolute Gasteiger partial charge is 0.134 e. The Bertz CT molecular complexity index is 166. The zero-order chi connectivity index (χ0) is 8.15. The standard InChI is InChI=1S/C7H10F2S/c1-3-6(8)4-7(9)5(2)10/h4,10H,3H2,1-2H3/b6-4+,7-5-. The molecule has 0 amide bonds. The van der Waals surface area contributed by atoms with Gasteiger partial charge in [0, 0.05) is 11.0 Å². The van der Waals surface area contributed by atoms with Gasteiger partial charge in [-0.2, -0.15) is 0 Å². The molecule has 0 rings (SSSR count). The van der Waals surface area contributed by atoms with Gasteiger partial charge in [0.2, 0.25) is 0 Å². The van der Waals surface area contributed by atoms with Gasteiger partial charge >= 0.3 is 0 Å². The number of hydrogen-bond acceptors (Lipinski definition) is 1. The van der Waals surface area contributed by atoms with E-state index < -0.39 is 11.7 Å². The highest BCUT2D eigenvalue weighted by Gasteiger charge is 1.95. The summed E-state index contributed by atoms with van der Waals surface area (Å²) in [6.07, 6.45) is 1.07. The van der Waals surface area contributed by atoms with Crippen molar-refractivity contribution in [2.45, 2.75) is 20.3 Å². The molecule has 0 bridgehead atoms. The topological polar surface area (TPSA) is 0 Å². The molecule has 0 aromatic rings. The summed E-state index contributed by atoms with van der Waals surface area (Å²) < 4.78 is 24.7. The van der Waals surface area contributed by atoms with Gasteiger partial charge in [-0.25, -0.2) is 8.78 Å². The molecule has 10 heavy (non-hydrogen) atoms. The summed E-state index contributed by atoms with van der Waals surface area (Å²) in [7, 11) is 0. The Kier molecular flexibility index (Phi) is 4.36. The van der Waals surface area contributed by atoms with Crippen LogP contribution in [0.5, 0.6) is 0 Å². The van der Waals surface area contributed by atoms with Gasteiger partial charge in [-0.15, -0.1) is 12.6 Å². The molecule has 0 radical (unpaired) electrons. The summed E-state index contributed by atoms with van der Waals surface area (Å²) in [5, 5.41) is 0. The molecular formula is C7H10F2S. The van der Waals surface area contributed by atoms with Crippen LogP contribution in [0.3, 0.4) is 0 Å². The first-order valence-corrected chi connectivity index (χ1v) is 3.44. The van der Waals surface area contributed by atoms with Crippen molar-refractivity contribution in [1.82, 2.24) is 0 Å². The molecule has 0 aromatic carbocycles. The minimum absolute atomic E-state index is 0.198. The van der Waals surface area contributed by atoms with Crippen LogP contribution in [0.25, 0.3) is 0 Å². The highest BCUT2D eigenvalue weighted by Crippen LogP contribution is 2.14. The molecule has 0 unspecified atom stereocenters. The first-order chi connectivity index (χ1) is 4.57. The normalized spacial score (nSPS) is 15.1. The first kappa shape index (κ1) is 9.69. The van der Waals surface area contributed by atoms with E-state index in [0.29, 0.717) is 0 Å². The number of rotatable bonds is 2. The molecule has 0 aliphatic heterocycles. The fraction of sp³-hybridized carbons (Fsp3) is 0.429. The number of hydrogen-bond donors (Lipinski definition) is 1. The van der Waals surface area contributed by atoms with Crippen LogP contribution >= 0.6 is 12.6 Å². The predicted octanol–water partition coefficient (Wildman–Crippen LogP) is 3.38. The zero-order valence-electron chi connectivity index (χ0n) is 5.99. The molecule has 58 valence electrons. The molecule has 0 N–H and O–H groups in total. The van der Waals surface area contributed by atoms with Crippen LogP contribution in [-0.2, 0) is 0 Å². The van der Waals surface area contributed by atoms with Gasteiger partial charge in [-0.05, 0) is 13.3 Å². The fourth-order valence-electron chi connectivity index (χ4n) is 0.344. The number of thiol groups is 1. The van der Waals surface area contributed by atoms with Crippen LogP contribution < -0.4 is 0 Å². The SMILES string of the molecule is CC/C(F)=C\C(F)=C(/C)S. The van der Waals surface area contributed by atoms with Gasteiger partial charge in [0.15, 0.2) is 0 Å². The summed E-state index contributed by atoms with van der Waals surface area (Å²) in [5.74, 6) is -1.08. The second-order valence-electron chi connectivity index (χ2n) is 1.88. The Morgan fingerprint density at radius 3 is 2.30 bits per heavy atom. The Hall–Kier alpha value is -0.310. The lowest BCUT2D eigenvalue weighted by molar-refractivity contribution is 0.586. The molecule has 0 spiro atoms. The van der Waals surface area contributed by atoms with E-state index in [1.165, 1.54) is 6.92 Å². The van der Waals surface area contributed by atoms with E-state index in [1.54, 1.807) is 6.92 Å². The van der Waals surface area contributed by atoms with E-state index in [1.807, 2.05) is 0 Å². The lowest BCUT2D eigenvalue weighted by atomic mass is 10.3. The third-order valence-electron chi connectivity index (χ3n) is 0.967. The van der Waals surface area contributed by atoms with Crippen molar-refractivity contribution in [2.75, 3.05) is 0 Å². The van der Waals surface area contributed by atoms with Crippen molar-refractivity contribution >= 4 is 12.6 Å². The number of allylic oxidation sites excluding steroid dienone is 4. The molecule has 0 saturated heterocycles. The third kappa shape index (κ3) is 3.67. The summed E-state index contributed by atoms with van der Waals surface area (Å²) in [4.78, 5) is 0.198. The largest absolute Gasteiger partial charge is 0.212 e. The lowest BCUT2D eigenvalue weighted by Gasteiger charge is -1.91. The van der Waals surface area contributed by atoms with Crippen LogP contribution in [0, 0.1) is 0 Å². The predicted molar refractivity (Wildman–Crippen MR) is 42.3 cm³/mol. The van der Waals surface area contributed by atoms with Crippen molar-refractivity contribution < 1.29 is 8.78 Å². The lowest BCUT2D eigenvalue weighted by Crippen LogP contribution is -1.73. The summed E-state index contributed by atoms with van der Waals surface area (Å²) >= 11 is 3.70. The summed E-state index contributed by atoms with van der Waals surface area (Å²) in [6, 6.07) is 0. The number of halogens is 2. The molecule has 3 heteroatoms. The second kappa shape index (κ2) is 4.50. The van der Waals surface area contributed by atoms with E-state index in [2.05, 4.69) is 12.6 Å². The molecule has 0 atom stereocenters. The van der Waals surface area contributed by atoms with E-state index in [4.69, 9.17) is 0 Å². The van der Waals surface area contributed by atoms with Crippen molar-refractivity contribution in [1.29, 1.82) is 0 Å². The molecule has 0 aliphatic rings. The maximum atomic E-state index is 12.4. The van der Waals surface area contributed by atoms with Gasteiger partial charge in [-0.1, -0.05) is 6.92 Å². The van der Waals surface area contributed by atoms with E-state index in [9.17, 15) is 8.78 Å². The monoisotopic (exact) mass is 164 g/mol. The van der Waals surface area contributed by atoms with Crippen molar-refractivity contribution in [3.8, 4) is 0 Å². The molecule has 0 aromatic heterocycles. The zero-order valence-corrected chi connectivity index (χ0v) is 6.88. The van der Waals surface area contributed by atoms with Gasteiger partial charge in [0.25, 0.3) is 0 Å². The average Bonchev–Trinajstić information content (AvgIpc) is 1.87. The Labute approximate surface area is 65.0 Å². The summed E-state index contributed by atoms with van der Waals surface area (Å²) in [5.41, 5.74) is 0. The molecule has 0 fully saturated rings. The van der Waals surface area contributed by atoms with Gasteiger partial charge < -0.3 is 0 Å². The van der Waals surface area contributed by atoms with Gasteiger partial charge in [-0.3, -0.25) is 0 Å². The van der Waals surface area contributed by atoms with E-state index >= 15 is 0 Å².